The number of ether oxygens (including phenoxy) is 1. The van der Waals surface area contributed by atoms with Crippen LogP contribution in [0.2, 0.25) is 0 Å². The van der Waals surface area contributed by atoms with Crippen LogP contribution in [0, 0.1) is 0 Å². The molecule has 1 aromatic heterocycles. The average molecular weight is 402 g/mol. The molecule has 0 amide bonds. The molecule has 3 aromatic rings. The Labute approximate surface area is 162 Å². The van der Waals surface area contributed by atoms with Gasteiger partial charge < -0.3 is 14.5 Å². The van der Waals surface area contributed by atoms with Crippen molar-refractivity contribution in [2.45, 2.75) is 9.48 Å². The zero-order chi connectivity index (χ0) is 18.7. The summed E-state index contributed by atoms with van der Waals surface area (Å²) in [6.45, 7) is 1.33. The van der Waals surface area contributed by atoms with Crippen LogP contribution in [0.15, 0.2) is 76.4 Å². The van der Waals surface area contributed by atoms with Crippen LogP contribution in [0.1, 0.15) is 0 Å². The highest BCUT2D eigenvalue weighted by molar-refractivity contribution is 8.13. The van der Waals surface area contributed by atoms with E-state index < -0.39 is 14.4 Å². The van der Waals surface area contributed by atoms with Crippen LogP contribution in [0.4, 0.5) is 0 Å². The minimum atomic E-state index is -3.35. The van der Waals surface area contributed by atoms with Gasteiger partial charge in [0.2, 0.25) is 0 Å². The maximum Gasteiger partial charge on any atom is 0.191 e. The lowest BCUT2D eigenvalue weighted by molar-refractivity contribution is 0.482. The van der Waals surface area contributed by atoms with E-state index in [1.165, 1.54) is 11.8 Å². The quantitative estimate of drug-likeness (QED) is 0.692. The maximum absolute atomic E-state index is 12.7. The molecule has 4 rings (SSSR count). The summed E-state index contributed by atoms with van der Waals surface area (Å²) in [4.78, 5) is 0.325. The van der Waals surface area contributed by atoms with E-state index in [-0.39, 0.29) is 0 Å². The fourth-order valence-corrected chi connectivity index (χ4v) is 6.13. The zero-order valence-electron chi connectivity index (χ0n) is 14.5. The molecule has 2 heterocycles. The first-order valence-electron chi connectivity index (χ1n) is 8.60. The van der Waals surface area contributed by atoms with Crippen molar-refractivity contribution < 1.29 is 17.6 Å². The smallest absolute Gasteiger partial charge is 0.191 e. The van der Waals surface area contributed by atoms with E-state index in [4.69, 9.17) is 9.15 Å². The van der Waals surface area contributed by atoms with Crippen LogP contribution in [-0.2, 0) is 9.84 Å². The van der Waals surface area contributed by atoms with Crippen molar-refractivity contribution in [3.05, 3.63) is 67.1 Å². The van der Waals surface area contributed by atoms with Crippen molar-refractivity contribution in [1.29, 1.82) is 0 Å². The lowest BCUT2D eigenvalue weighted by atomic mass is 10.1. The molecule has 1 fully saturated rings. The van der Waals surface area contributed by atoms with Crippen molar-refractivity contribution in [3.8, 4) is 22.6 Å². The Hall–Kier alpha value is -2.22. The summed E-state index contributed by atoms with van der Waals surface area (Å²) < 4.78 is 35.9. The third kappa shape index (κ3) is 4.05. The molecule has 7 heteroatoms. The summed E-state index contributed by atoms with van der Waals surface area (Å²) in [6, 6.07) is 16.2. The van der Waals surface area contributed by atoms with Gasteiger partial charge in [-0.05, 0) is 48.0 Å². The van der Waals surface area contributed by atoms with Gasteiger partial charge >= 0.3 is 0 Å². The molecule has 1 atom stereocenters. The monoisotopic (exact) mass is 401 g/mol. The molecule has 1 unspecified atom stereocenters. The van der Waals surface area contributed by atoms with Gasteiger partial charge in [-0.2, -0.15) is 0 Å². The molecule has 0 spiro atoms. The van der Waals surface area contributed by atoms with Gasteiger partial charge in [0, 0.05) is 24.4 Å². The molecule has 1 aliphatic heterocycles. The number of furan rings is 1. The molecule has 1 N–H and O–H groups in total. The van der Waals surface area contributed by atoms with Crippen LogP contribution in [0.3, 0.4) is 0 Å². The molecule has 0 radical (unpaired) electrons. The highest BCUT2D eigenvalue weighted by atomic mass is 32.3. The number of sulfone groups is 1. The molecule has 2 aromatic carbocycles. The second kappa shape index (κ2) is 7.80. The summed E-state index contributed by atoms with van der Waals surface area (Å²) in [7, 11) is -3.35. The molecule has 1 aliphatic rings. The lowest BCUT2D eigenvalue weighted by Gasteiger charge is -2.22. The molecule has 5 nitrogen and oxygen atoms in total. The fourth-order valence-electron chi connectivity index (χ4n) is 2.87. The van der Waals surface area contributed by atoms with Crippen molar-refractivity contribution in [2.75, 3.05) is 18.8 Å². The summed E-state index contributed by atoms with van der Waals surface area (Å²) in [6.07, 6.45) is 3.33. The Bertz CT molecular complexity index is 975. The van der Waals surface area contributed by atoms with Crippen molar-refractivity contribution >= 4 is 21.6 Å². The zero-order valence-corrected chi connectivity index (χ0v) is 16.1. The molecule has 140 valence electrons. The van der Waals surface area contributed by atoms with E-state index in [1.54, 1.807) is 36.8 Å². The average Bonchev–Trinajstić information content (AvgIpc) is 3.25. The molecule has 1 saturated heterocycles. The number of rotatable bonds is 5. The second-order valence-electron chi connectivity index (χ2n) is 6.16. The molecule has 0 bridgehead atoms. The summed E-state index contributed by atoms with van der Waals surface area (Å²) in [5.74, 6) is 2.09. The van der Waals surface area contributed by atoms with Crippen molar-refractivity contribution in [3.63, 3.8) is 0 Å². The first-order valence-corrected chi connectivity index (χ1v) is 11.2. The molecule has 0 saturated carbocycles. The minimum absolute atomic E-state index is 0.325. The minimum Gasteiger partial charge on any atom is -0.472 e. The predicted molar refractivity (Wildman–Crippen MR) is 107 cm³/mol. The van der Waals surface area contributed by atoms with Gasteiger partial charge in [-0.3, -0.25) is 0 Å². The number of benzene rings is 2. The van der Waals surface area contributed by atoms with E-state index in [2.05, 4.69) is 5.32 Å². The number of nitrogens with one attached hydrogen (secondary N) is 1. The number of hydrogen-bond donors (Lipinski definition) is 1. The molecule has 27 heavy (non-hydrogen) atoms. The van der Waals surface area contributed by atoms with Gasteiger partial charge in [-0.15, -0.1) is 11.8 Å². The normalized spacial score (nSPS) is 17.6. The lowest BCUT2D eigenvalue weighted by Crippen LogP contribution is -2.37. The van der Waals surface area contributed by atoms with E-state index in [1.807, 2.05) is 30.3 Å². The van der Waals surface area contributed by atoms with E-state index in [0.29, 0.717) is 22.9 Å². The standard InChI is InChI=1S/C20H19NO4S2/c22-27(23,20-13-21-10-12-26-20)19-7-5-18(6-8-19)25-17-3-1-15(2-4-17)16-9-11-24-14-16/h1-9,11,14,20-21H,10,12-13H2. The summed E-state index contributed by atoms with van der Waals surface area (Å²) in [5.41, 5.74) is 2.04. The Morgan fingerprint density at radius 2 is 1.67 bits per heavy atom. The van der Waals surface area contributed by atoms with Crippen LogP contribution in [0.5, 0.6) is 11.5 Å². The Kier molecular flexibility index (Phi) is 5.24. The van der Waals surface area contributed by atoms with Gasteiger partial charge in [0.15, 0.2) is 9.84 Å². The largest absolute Gasteiger partial charge is 0.472 e. The van der Waals surface area contributed by atoms with E-state index >= 15 is 0 Å². The molecular weight excluding hydrogens is 382 g/mol. The Morgan fingerprint density at radius 3 is 2.26 bits per heavy atom. The van der Waals surface area contributed by atoms with Gasteiger partial charge in [-0.25, -0.2) is 8.42 Å². The Balaban J connectivity index is 1.46. The SMILES string of the molecule is O=S(=O)(c1ccc(Oc2ccc(-c3ccoc3)cc2)cc1)C1CNCCS1. The summed E-state index contributed by atoms with van der Waals surface area (Å²) in [5, 5.41) is 3.14. The van der Waals surface area contributed by atoms with Crippen LogP contribution in [-0.4, -0.2) is 31.8 Å². The third-order valence-electron chi connectivity index (χ3n) is 4.34. The van der Waals surface area contributed by atoms with Gasteiger partial charge in [0.05, 0.1) is 17.4 Å². The fraction of sp³-hybridized carbons (Fsp3) is 0.200. The van der Waals surface area contributed by atoms with Gasteiger partial charge in [-0.1, -0.05) is 12.1 Å². The van der Waals surface area contributed by atoms with Crippen LogP contribution in [0.25, 0.3) is 11.1 Å². The molecular formula is C20H19NO4S2. The number of thioether (sulfide) groups is 1. The predicted octanol–water partition coefficient (Wildman–Crippen LogP) is 4.18. The van der Waals surface area contributed by atoms with E-state index in [9.17, 15) is 8.42 Å². The summed E-state index contributed by atoms with van der Waals surface area (Å²) >= 11 is 1.48. The van der Waals surface area contributed by atoms with E-state index in [0.717, 1.165) is 23.4 Å². The van der Waals surface area contributed by atoms with Crippen molar-refractivity contribution in [2.24, 2.45) is 0 Å². The first kappa shape index (κ1) is 18.2. The Morgan fingerprint density at radius 1 is 0.963 bits per heavy atom. The maximum atomic E-state index is 12.7. The van der Waals surface area contributed by atoms with Crippen molar-refractivity contribution in [1.82, 2.24) is 5.32 Å². The van der Waals surface area contributed by atoms with Gasteiger partial charge in [0.25, 0.3) is 0 Å². The highest BCUT2D eigenvalue weighted by Gasteiger charge is 2.29. The first-order chi connectivity index (χ1) is 13.1. The molecule has 0 aliphatic carbocycles. The van der Waals surface area contributed by atoms with Crippen LogP contribution >= 0.6 is 11.8 Å². The van der Waals surface area contributed by atoms with Crippen LogP contribution < -0.4 is 10.1 Å². The second-order valence-corrected chi connectivity index (χ2v) is 9.90. The highest BCUT2D eigenvalue weighted by Crippen LogP contribution is 2.29. The topological polar surface area (TPSA) is 68.5 Å². The number of hydrogen-bond acceptors (Lipinski definition) is 6. The van der Waals surface area contributed by atoms with Gasteiger partial charge in [0.1, 0.15) is 16.1 Å². The third-order valence-corrected chi connectivity index (χ3v) is 8.27.